The molecule has 6 heteroatoms. The molecule has 1 saturated heterocycles. The minimum Gasteiger partial charge on any atom is -0.410 e. The van der Waals surface area contributed by atoms with Gasteiger partial charge in [-0.05, 0) is 25.0 Å². The van der Waals surface area contributed by atoms with Crippen LogP contribution in [0.2, 0.25) is 0 Å². The molecular weight excluding hydrogens is 272 g/mol. The number of carbonyl (C=O) groups is 1. The second-order valence-electron chi connectivity index (χ2n) is 4.70. The first-order valence-electron chi connectivity index (χ1n) is 6.59. The number of rotatable bonds is 2. The maximum atomic E-state index is 12.0. The van der Waals surface area contributed by atoms with Gasteiger partial charge in [-0.15, -0.1) is 5.92 Å². The molecule has 1 heterocycles. The van der Waals surface area contributed by atoms with Crippen molar-refractivity contribution in [3.05, 3.63) is 41.3 Å². The molecule has 1 aliphatic heterocycles. The molecule has 0 saturated carbocycles. The SMILES string of the molecule is [CH2]C#CC1CCN(C(=O)Oc2ccc([N+](=O)[O-])cc2)CC1. The minimum absolute atomic E-state index is 0.0395. The summed E-state index contributed by atoms with van der Waals surface area (Å²) in [7, 11) is 0. The van der Waals surface area contributed by atoms with Crippen LogP contribution in [0.25, 0.3) is 0 Å². The molecule has 0 unspecified atom stereocenters. The van der Waals surface area contributed by atoms with Crippen LogP contribution in [0.1, 0.15) is 12.8 Å². The molecule has 21 heavy (non-hydrogen) atoms. The van der Waals surface area contributed by atoms with Gasteiger partial charge >= 0.3 is 6.09 Å². The van der Waals surface area contributed by atoms with Crippen molar-refractivity contribution in [3.8, 4) is 17.6 Å². The lowest BCUT2D eigenvalue weighted by Crippen LogP contribution is -2.39. The van der Waals surface area contributed by atoms with Gasteiger partial charge in [-0.1, -0.05) is 5.92 Å². The highest BCUT2D eigenvalue weighted by molar-refractivity contribution is 5.70. The summed E-state index contributed by atoms with van der Waals surface area (Å²) in [4.78, 5) is 23.6. The smallest absolute Gasteiger partial charge is 0.410 e. The lowest BCUT2D eigenvalue weighted by molar-refractivity contribution is -0.384. The standard InChI is InChI=1S/C15H15N2O4/c1-2-3-12-8-10-16(11-9-12)15(18)21-14-6-4-13(5-7-14)17(19)20/h4-7,12H,1,8-11H2. The molecule has 1 aromatic rings. The van der Waals surface area contributed by atoms with Gasteiger partial charge in [0, 0.05) is 38.1 Å². The number of non-ortho nitro benzene ring substituents is 1. The number of hydrogen-bond donors (Lipinski definition) is 0. The molecular formula is C15H15N2O4. The summed E-state index contributed by atoms with van der Waals surface area (Å²) in [5.41, 5.74) is -0.0395. The van der Waals surface area contributed by atoms with E-state index in [4.69, 9.17) is 4.74 Å². The summed E-state index contributed by atoms with van der Waals surface area (Å²) in [6.45, 7) is 4.67. The Morgan fingerprint density at radius 3 is 2.48 bits per heavy atom. The third kappa shape index (κ3) is 3.96. The van der Waals surface area contributed by atoms with E-state index in [0.717, 1.165) is 12.8 Å². The predicted octanol–water partition coefficient (Wildman–Crippen LogP) is 2.64. The summed E-state index contributed by atoms with van der Waals surface area (Å²) in [5.74, 6) is 6.23. The Labute approximate surface area is 122 Å². The van der Waals surface area contributed by atoms with Crippen molar-refractivity contribution in [2.24, 2.45) is 5.92 Å². The maximum Gasteiger partial charge on any atom is 0.415 e. The van der Waals surface area contributed by atoms with Crippen molar-refractivity contribution >= 4 is 11.8 Å². The largest absolute Gasteiger partial charge is 0.415 e. The molecule has 6 nitrogen and oxygen atoms in total. The average molecular weight is 287 g/mol. The molecule has 1 aliphatic rings. The van der Waals surface area contributed by atoms with Gasteiger partial charge in [0.2, 0.25) is 0 Å². The van der Waals surface area contributed by atoms with Gasteiger partial charge in [0.25, 0.3) is 5.69 Å². The molecule has 1 radical (unpaired) electrons. The van der Waals surface area contributed by atoms with Gasteiger partial charge in [-0.25, -0.2) is 4.79 Å². The Kier molecular flexibility index (Phi) is 4.77. The third-order valence-electron chi connectivity index (χ3n) is 3.31. The van der Waals surface area contributed by atoms with Crippen LogP contribution in [0, 0.1) is 34.8 Å². The number of amides is 1. The van der Waals surface area contributed by atoms with Crippen molar-refractivity contribution in [1.82, 2.24) is 4.90 Å². The minimum atomic E-state index is -0.500. The van der Waals surface area contributed by atoms with Crippen LogP contribution in [0.15, 0.2) is 24.3 Å². The summed E-state index contributed by atoms with van der Waals surface area (Å²) in [6, 6.07) is 5.44. The molecule has 0 aromatic heterocycles. The zero-order chi connectivity index (χ0) is 15.2. The number of benzene rings is 1. The molecule has 1 fully saturated rings. The zero-order valence-electron chi connectivity index (χ0n) is 11.4. The molecule has 0 spiro atoms. The van der Waals surface area contributed by atoms with E-state index in [1.54, 1.807) is 4.90 Å². The Morgan fingerprint density at radius 1 is 1.33 bits per heavy atom. The van der Waals surface area contributed by atoms with E-state index in [1.807, 2.05) is 0 Å². The van der Waals surface area contributed by atoms with Crippen molar-refractivity contribution in [2.45, 2.75) is 12.8 Å². The quantitative estimate of drug-likeness (QED) is 0.476. The van der Waals surface area contributed by atoms with Crippen LogP contribution >= 0.6 is 0 Å². The molecule has 1 aromatic carbocycles. The van der Waals surface area contributed by atoms with Crippen molar-refractivity contribution < 1.29 is 14.5 Å². The molecule has 2 rings (SSSR count). The predicted molar refractivity (Wildman–Crippen MR) is 76.6 cm³/mol. The molecule has 0 aliphatic carbocycles. The Balaban J connectivity index is 1.89. The highest BCUT2D eigenvalue weighted by Gasteiger charge is 2.23. The van der Waals surface area contributed by atoms with Crippen LogP contribution in [-0.2, 0) is 0 Å². The fourth-order valence-corrected chi connectivity index (χ4v) is 2.15. The monoisotopic (exact) mass is 287 g/mol. The number of nitro benzene ring substituents is 1. The van der Waals surface area contributed by atoms with Crippen LogP contribution < -0.4 is 4.74 Å². The number of nitro groups is 1. The first-order valence-corrected chi connectivity index (χ1v) is 6.59. The first kappa shape index (κ1) is 14.9. The normalized spacial score (nSPS) is 15.0. The third-order valence-corrected chi connectivity index (χ3v) is 3.31. The van der Waals surface area contributed by atoms with E-state index < -0.39 is 11.0 Å². The lowest BCUT2D eigenvalue weighted by Gasteiger charge is -2.28. The van der Waals surface area contributed by atoms with Gasteiger partial charge in [0.1, 0.15) is 5.75 Å². The first-order chi connectivity index (χ1) is 10.1. The number of carbonyl (C=O) groups excluding carboxylic acids is 1. The lowest BCUT2D eigenvalue weighted by atomic mass is 9.98. The van der Waals surface area contributed by atoms with Gasteiger partial charge in [0.05, 0.1) is 4.92 Å². The molecule has 0 bridgehead atoms. The molecule has 0 atom stereocenters. The number of nitrogens with zero attached hydrogens (tertiary/aromatic N) is 2. The van der Waals surface area contributed by atoms with E-state index in [9.17, 15) is 14.9 Å². The summed E-state index contributed by atoms with van der Waals surface area (Å²) < 4.78 is 5.20. The maximum absolute atomic E-state index is 12.0. The number of piperidine rings is 1. The molecule has 0 N–H and O–H groups in total. The van der Waals surface area contributed by atoms with Crippen molar-refractivity contribution in [2.75, 3.05) is 13.1 Å². The topological polar surface area (TPSA) is 72.7 Å². The van der Waals surface area contributed by atoms with Crippen molar-refractivity contribution in [3.63, 3.8) is 0 Å². The van der Waals surface area contributed by atoms with Crippen LogP contribution in [0.5, 0.6) is 5.75 Å². The van der Waals surface area contributed by atoms with Gasteiger partial charge in [-0.2, -0.15) is 0 Å². The highest BCUT2D eigenvalue weighted by Crippen LogP contribution is 2.20. The Morgan fingerprint density at radius 2 is 1.95 bits per heavy atom. The molecule has 1 amide bonds. The van der Waals surface area contributed by atoms with E-state index in [-0.39, 0.29) is 11.6 Å². The Bertz CT molecular complexity index is 578. The second kappa shape index (κ2) is 6.75. The highest BCUT2D eigenvalue weighted by atomic mass is 16.6. The average Bonchev–Trinajstić information content (AvgIpc) is 2.49. The van der Waals surface area contributed by atoms with E-state index in [0.29, 0.717) is 18.8 Å². The van der Waals surface area contributed by atoms with Gasteiger partial charge in [-0.3, -0.25) is 10.1 Å². The van der Waals surface area contributed by atoms with E-state index in [1.165, 1.54) is 24.3 Å². The van der Waals surface area contributed by atoms with Crippen LogP contribution in [0.4, 0.5) is 10.5 Å². The number of hydrogen-bond acceptors (Lipinski definition) is 4. The van der Waals surface area contributed by atoms with Crippen LogP contribution in [0.3, 0.4) is 0 Å². The molecule has 109 valence electrons. The fraction of sp³-hybridized carbons (Fsp3) is 0.333. The number of likely N-dealkylation sites (tertiary alicyclic amines) is 1. The van der Waals surface area contributed by atoms with E-state index in [2.05, 4.69) is 18.8 Å². The fourth-order valence-electron chi connectivity index (χ4n) is 2.15. The zero-order valence-corrected chi connectivity index (χ0v) is 11.4. The second-order valence-corrected chi connectivity index (χ2v) is 4.70. The van der Waals surface area contributed by atoms with Gasteiger partial charge in [0.15, 0.2) is 0 Å². The van der Waals surface area contributed by atoms with Crippen LogP contribution in [-0.4, -0.2) is 29.0 Å². The number of ether oxygens (including phenoxy) is 1. The summed E-state index contributed by atoms with van der Waals surface area (Å²) >= 11 is 0. The summed E-state index contributed by atoms with van der Waals surface area (Å²) in [6.07, 6.45) is 1.17. The van der Waals surface area contributed by atoms with Gasteiger partial charge < -0.3 is 9.64 Å². The van der Waals surface area contributed by atoms with E-state index >= 15 is 0 Å². The Hall–Kier alpha value is -2.55. The van der Waals surface area contributed by atoms with Crippen molar-refractivity contribution in [1.29, 1.82) is 0 Å². The summed E-state index contributed by atoms with van der Waals surface area (Å²) in [5, 5.41) is 10.5.